The van der Waals surface area contributed by atoms with Crippen LogP contribution in [0.2, 0.25) is 0 Å². The summed E-state index contributed by atoms with van der Waals surface area (Å²) in [6, 6.07) is 17.9. The molecule has 0 atom stereocenters. The highest BCUT2D eigenvalue weighted by molar-refractivity contribution is 7.90. The first-order valence-corrected chi connectivity index (χ1v) is 11.9. The van der Waals surface area contributed by atoms with E-state index in [2.05, 4.69) is 5.32 Å². The molecule has 0 aliphatic carbocycles. The number of anilines is 1. The molecule has 36 heavy (non-hydrogen) atoms. The van der Waals surface area contributed by atoms with Gasteiger partial charge in [-0.25, -0.2) is 12.4 Å². The number of benzene rings is 3. The van der Waals surface area contributed by atoms with Crippen molar-refractivity contribution < 1.29 is 23.2 Å². The van der Waals surface area contributed by atoms with Crippen LogP contribution in [-0.2, 0) is 14.8 Å². The quantitative estimate of drug-likeness (QED) is 0.131. The molecule has 0 saturated carbocycles. The molecule has 180 valence electrons. The van der Waals surface area contributed by atoms with Crippen molar-refractivity contribution in [2.75, 3.05) is 5.32 Å². The van der Waals surface area contributed by atoms with E-state index in [0.29, 0.717) is 16.5 Å². The molecule has 1 heterocycles. The molecule has 10 nitrogen and oxygen atoms in total. The molecule has 0 radical (unpaired) electrons. The predicted octanol–water partition coefficient (Wildman–Crippen LogP) is 4.35. The average molecular weight is 503 g/mol. The number of phenols is 1. The number of nitrogens with zero attached hydrogens (tertiary/aromatic N) is 3. The van der Waals surface area contributed by atoms with Crippen LogP contribution in [0.1, 0.15) is 11.1 Å². The van der Waals surface area contributed by atoms with Gasteiger partial charge in [0.1, 0.15) is 17.4 Å². The Morgan fingerprint density at radius 2 is 1.83 bits per heavy atom. The lowest BCUT2D eigenvalue weighted by molar-refractivity contribution is -0.384. The van der Waals surface area contributed by atoms with Gasteiger partial charge in [-0.2, -0.15) is 5.26 Å². The van der Waals surface area contributed by atoms with Crippen LogP contribution in [0, 0.1) is 28.4 Å². The van der Waals surface area contributed by atoms with Gasteiger partial charge in [0.25, 0.3) is 21.6 Å². The first-order valence-electron chi connectivity index (χ1n) is 10.4. The van der Waals surface area contributed by atoms with Crippen molar-refractivity contribution in [2.24, 2.45) is 0 Å². The fourth-order valence-electron chi connectivity index (χ4n) is 3.55. The van der Waals surface area contributed by atoms with Crippen LogP contribution < -0.4 is 5.32 Å². The number of nitrogens with one attached hydrogen (secondary N) is 1. The summed E-state index contributed by atoms with van der Waals surface area (Å²) < 4.78 is 27.8. The molecule has 1 aromatic heterocycles. The monoisotopic (exact) mass is 502 g/mol. The van der Waals surface area contributed by atoms with E-state index in [-0.39, 0.29) is 21.8 Å². The molecule has 0 saturated heterocycles. The number of aromatic nitrogens is 1. The van der Waals surface area contributed by atoms with Gasteiger partial charge in [-0.3, -0.25) is 14.9 Å². The molecule has 0 aliphatic rings. The summed E-state index contributed by atoms with van der Waals surface area (Å²) in [5.41, 5.74) is 0.693. The number of phenolic OH excluding ortho intramolecular Hbond substituents is 1. The first kappa shape index (κ1) is 24.2. The third-order valence-corrected chi connectivity index (χ3v) is 7.08. The Labute approximate surface area is 205 Å². The standard InChI is InChI=1S/C25H18N4O6S/c1-16-6-9-20(10-7-16)36(34,35)28-15-18(21-4-2-3-5-23(21)28)12-17(14-26)25(31)27-22-11-8-19(29(32)33)13-24(22)30/h2-13,15,30H,1H3,(H,27,31)/b17-12-. The molecule has 0 spiro atoms. The smallest absolute Gasteiger partial charge is 0.273 e. The second kappa shape index (κ2) is 9.36. The van der Waals surface area contributed by atoms with E-state index in [1.54, 1.807) is 42.5 Å². The summed E-state index contributed by atoms with van der Waals surface area (Å²) in [4.78, 5) is 23.0. The molecule has 2 N–H and O–H groups in total. The van der Waals surface area contributed by atoms with E-state index in [1.165, 1.54) is 24.4 Å². The van der Waals surface area contributed by atoms with Crippen LogP contribution >= 0.6 is 0 Å². The van der Waals surface area contributed by atoms with Crippen LogP contribution in [0.25, 0.3) is 17.0 Å². The zero-order chi connectivity index (χ0) is 26.0. The zero-order valence-corrected chi connectivity index (χ0v) is 19.6. The molecular weight excluding hydrogens is 484 g/mol. The molecular formula is C25H18N4O6S. The number of nitriles is 1. The fraction of sp³-hybridized carbons (Fsp3) is 0.0400. The van der Waals surface area contributed by atoms with Gasteiger partial charge >= 0.3 is 0 Å². The Morgan fingerprint density at radius 1 is 1.14 bits per heavy atom. The summed E-state index contributed by atoms with van der Waals surface area (Å²) in [5.74, 6) is -1.43. The van der Waals surface area contributed by atoms with E-state index in [1.807, 2.05) is 6.92 Å². The zero-order valence-electron chi connectivity index (χ0n) is 18.7. The van der Waals surface area contributed by atoms with Crippen LogP contribution in [0.15, 0.2) is 83.4 Å². The summed E-state index contributed by atoms with van der Waals surface area (Å²) in [7, 11) is -3.97. The Balaban J connectivity index is 1.74. The van der Waals surface area contributed by atoms with Gasteiger partial charge < -0.3 is 10.4 Å². The lowest BCUT2D eigenvalue weighted by Gasteiger charge is -2.07. The van der Waals surface area contributed by atoms with Gasteiger partial charge in [-0.05, 0) is 37.3 Å². The molecule has 0 fully saturated rings. The number of rotatable bonds is 6. The van der Waals surface area contributed by atoms with E-state index >= 15 is 0 Å². The van der Waals surface area contributed by atoms with Gasteiger partial charge in [-0.15, -0.1) is 0 Å². The number of hydrogen-bond donors (Lipinski definition) is 2. The molecule has 0 bridgehead atoms. The third-order valence-electron chi connectivity index (χ3n) is 5.39. The first-order chi connectivity index (χ1) is 17.1. The van der Waals surface area contributed by atoms with Crippen LogP contribution in [-0.4, -0.2) is 28.3 Å². The van der Waals surface area contributed by atoms with Crippen molar-refractivity contribution in [3.05, 3.63) is 99.7 Å². The topological polar surface area (TPSA) is 155 Å². The Bertz CT molecular complexity index is 1700. The summed E-state index contributed by atoms with van der Waals surface area (Å²) in [5, 5.41) is 33.3. The second-order valence-corrected chi connectivity index (χ2v) is 9.61. The van der Waals surface area contributed by atoms with Crippen LogP contribution in [0.4, 0.5) is 11.4 Å². The van der Waals surface area contributed by atoms with E-state index in [0.717, 1.165) is 27.7 Å². The van der Waals surface area contributed by atoms with Crippen molar-refractivity contribution >= 4 is 44.3 Å². The van der Waals surface area contributed by atoms with Crippen molar-refractivity contribution in [3.63, 3.8) is 0 Å². The Hall–Kier alpha value is -4.95. The minimum Gasteiger partial charge on any atom is -0.506 e. The maximum Gasteiger partial charge on any atom is 0.273 e. The minimum absolute atomic E-state index is 0.0799. The summed E-state index contributed by atoms with van der Waals surface area (Å²) in [6.45, 7) is 1.84. The lowest BCUT2D eigenvalue weighted by Crippen LogP contribution is -2.13. The molecule has 11 heteroatoms. The number of amides is 1. The van der Waals surface area contributed by atoms with Crippen molar-refractivity contribution in [1.82, 2.24) is 3.97 Å². The maximum absolute atomic E-state index is 13.3. The van der Waals surface area contributed by atoms with Crippen molar-refractivity contribution in [2.45, 2.75) is 11.8 Å². The molecule has 0 unspecified atom stereocenters. The van der Waals surface area contributed by atoms with Crippen LogP contribution in [0.5, 0.6) is 5.75 Å². The highest BCUT2D eigenvalue weighted by Crippen LogP contribution is 2.30. The summed E-state index contributed by atoms with van der Waals surface area (Å²) in [6.07, 6.45) is 2.56. The predicted molar refractivity (Wildman–Crippen MR) is 133 cm³/mol. The number of nitro benzene ring substituents is 1. The lowest BCUT2D eigenvalue weighted by atomic mass is 10.1. The number of fused-ring (bicyclic) bond motifs is 1. The molecule has 1 amide bonds. The van der Waals surface area contributed by atoms with Crippen molar-refractivity contribution in [1.29, 1.82) is 5.26 Å². The number of aryl methyl sites for hydroxylation is 1. The molecule has 3 aromatic carbocycles. The largest absolute Gasteiger partial charge is 0.506 e. The molecule has 4 rings (SSSR count). The van der Waals surface area contributed by atoms with E-state index in [4.69, 9.17) is 0 Å². The Morgan fingerprint density at radius 3 is 2.47 bits per heavy atom. The highest BCUT2D eigenvalue weighted by atomic mass is 32.2. The third kappa shape index (κ3) is 4.53. The maximum atomic E-state index is 13.3. The van der Waals surface area contributed by atoms with Gasteiger partial charge in [0.2, 0.25) is 0 Å². The minimum atomic E-state index is -3.97. The van der Waals surface area contributed by atoms with Crippen molar-refractivity contribution in [3.8, 4) is 11.8 Å². The van der Waals surface area contributed by atoms with Gasteiger partial charge in [0.15, 0.2) is 0 Å². The van der Waals surface area contributed by atoms with Gasteiger partial charge in [-0.1, -0.05) is 35.9 Å². The van der Waals surface area contributed by atoms with E-state index in [9.17, 15) is 33.7 Å². The SMILES string of the molecule is Cc1ccc(S(=O)(=O)n2cc(/C=C(/C#N)C(=O)Nc3ccc([N+](=O)[O-])cc3O)c3ccccc32)cc1. The van der Waals surface area contributed by atoms with E-state index < -0.39 is 26.6 Å². The molecule has 0 aliphatic heterocycles. The number of aromatic hydroxyl groups is 1. The average Bonchev–Trinajstić information content (AvgIpc) is 3.23. The van der Waals surface area contributed by atoms with Gasteiger partial charge in [0.05, 0.1) is 27.1 Å². The normalized spacial score (nSPS) is 11.7. The number of carbonyl (C=O) groups excluding carboxylic acids is 1. The van der Waals surface area contributed by atoms with Crippen LogP contribution in [0.3, 0.4) is 0 Å². The highest BCUT2D eigenvalue weighted by Gasteiger charge is 2.22. The van der Waals surface area contributed by atoms with Gasteiger partial charge in [0, 0.05) is 23.2 Å². The fourth-order valence-corrected chi connectivity index (χ4v) is 4.92. The second-order valence-electron chi connectivity index (χ2n) is 7.80. The molecule has 4 aromatic rings. The number of para-hydroxylation sites is 1. The number of carbonyl (C=O) groups is 1. The Kier molecular flexibility index (Phi) is 6.29. The number of hydrogen-bond acceptors (Lipinski definition) is 7. The number of nitro groups is 1. The number of non-ortho nitro benzene ring substituents is 1. The summed E-state index contributed by atoms with van der Waals surface area (Å²) >= 11 is 0.